The Morgan fingerprint density at radius 1 is 1.44 bits per heavy atom. The lowest BCUT2D eigenvalue weighted by molar-refractivity contribution is 0.0920. The van der Waals surface area contributed by atoms with E-state index in [1.807, 2.05) is 0 Å². The zero-order chi connectivity index (χ0) is 13.2. The number of nitrogens with zero attached hydrogens (tertiary/aromatic N) is 1. The maximum Gasteiger partial charge on any atom is 0.252 e. The summed E-state index contributed by atoms with van der Waals surface area (Å²) in [5, 5.41) is 11.8. The molecule has 0 spiro atoms. The van der Waals surface area contributed by atoms with Gasteiger partial charge in [0, 0.05) is 5.56 Å². The number of benzene rings is 1. The summed E-state index contributed by atoms with van der Waals surface area (Å²) < 4.78 is 13.0. The molecule has 94 valence electrons. The molecule has 1 N–H and O–H groups in total. The fourth-order valence-corrected chi connectivity index (χ4v) is 2.35. The molecule has 1 fully saturated rings. The largest absolute Gasteiger partial charge is 0.334 e. The minimum absolute atomic E-state index is 0.0971. The van der Waals surface area contributed by atoms with Gasteiger partial charge in [-0.3, -0.25) is 4.79 Å². The molecule has 0 atom stereocenters. The lowest BCUT2D eigenvalue weighted by Crippen LogP contribution is -2.45. The molecule has 5 heteroatoms. The third-order valence-electron chi connectivity index (χ3n) is 3.21. The lowest BCUT2D eigenvalue weighted by Gasteiger charge is -2.22. The van der Waals surface area contributed by atoms with Crippen molar-refractivity contribution >= 4 is 17.5 Å². The van der Waals surface area contributed by atoms with Crippen molar-refractivity contribution in [2.24, 2.45) is 0 Å². The van der Waals surface area contributed by atoms with Gasteiger partial charge in [-0.25, -0.2) is 4.39 Å². The van der Waals surface area contributed by atoms with Crippen molar-refractivity contribution in [3.8, 4) is 6.07 Å². The maximum absolute atomic E-state index is 13.0. The zero-order valence-corrected chi connectivity index (χ0v) is 10.4. The molecule has 1 aliphatic rings. The van der Waals surface area contributed by atoms with E-state index in [0.29, 0.717) is 12.8 Å². The highest BCUT2D eigenvalue weighted by atomic mass is 35.5. The van der Waals surface area contributed by atoms with Crippen LogP contribution in [0.4, 0.5) is 4.39 Å². The number of rotatable bonds is 2. The van der Waals surface area contributed by atoms with E-state index in [1.54, 1.807) is 0 Å². The number of nitrogens with one attached hydrogen (secondary N) is 1. The summed E-state index contributed by atoms with van der Waals surface area (Å²) in [7, 11) is 0. The number of hydrogen-bond donors (Lipinski definition) is 1. The van der Waals surface area contributed by atoms with E-state index in [0.717, 1.165) is 18.9 Å². The van der Waals surface area contributed by atoms with E-state index in [-0.39, 0.29) is 16.5 Å². The van der Waals surface area contributed by atoms with Crippen LogP contribution in [0.3, 0.4) is 0 Å². The Balaban J connectivity index is 2.17. The van der Waals surface area contributed by atoms with Crippen LogP contribution in [0, 0.1) is 17.1 Å². The molecule has 0 unspecified atom stereocenters. The van der Waals surface area contributed by atoms with Crippen molar-refractivity contribution in [3.63, 3.8) is 0 Å². The van der Waals surface area contributed by atoms with Crippen molar-refractivity contribution < 1.29 is 9.18 Å². The van der Waals surface area contributed by atoms with E-state index in [4.69, 9.17) is 16.9 Å². The fraction of sp³-hybridized carbons (Fsp3) is 0.385. The smallest absolute Gasteiger partial charge is 0.252 e. The second kappa shape index (κ2) is 4.95. The number of nitriles is 1. The Bertz CT molecular complexity index is 518. The number of amides is 1. The van der Waals surface area contributed by atoms with Gasteiger partial charge in [-0.1, -0.05) is 11.6 Å². The molecule has 18 heavy (non-hydrogen) atoms. The Kier molecular flexibility index (Phi) is 3.53. The normalized spacial score (nSPS) is 17.2. The monoisotopic (exact) mass is 266 g/mol. The molecule has 1 aromatic carbocycles. The Morgan fingerprint density at radius 3 is 2.67 bits per heavy atom. The first-order chi connectivity index (χ1) is 8.56. The highest BCUT2D eigenvalue weighted by Gasteiger charge is 2.35. The summed E-state index contributed by atoms with van der Waals surface area (Å²) in [6.45, 7) is 0. The molecule has 1 aliphatic carbocycles. The zero-order valence-electron chi connectivity index (χ0n) is 9.67. The molecule has 0 aliphatic heterocycles. The molecular weight excluding hydrogens is 255 g/mol. The minimum Gasteiger partial charge on any atom is -0.334 e. The summed E-state index contributed by atoms with van der Waals surface area (Å²) in [5.41, 5.74) is -0.513. The SMILES string of the molecule is N#CC1(NC(=O)c2ccc(F)c(Cl)c2)CCCC1. The number of carbonyl (C=O) groups excluding carboxylic acids is 1. The summed E-state index contributed by atoms with van der Waals surface area (Å²) in [6.07, 6.45) is 3.17. The Hall–Kier alpha value is -1.60. The molecule has 0 bridgehead atoms. The summed E-state index contributed by atoms with van der Waals surface area (Å²) in [4.78, 5) is 12.0. The number of carbonyl (C=O) groups is 1. The highest BCUT2D eigenvalue weighted by molar-refractivity contribution is 6.31. The molecular formula is C13H12ClFN2O. The molecule has 1 saturated carbocycles. The highest BCUT2D eigenvalue weighted by Crippen LogP contribution is 2.29. The van der Waals surface area contributed by atoms with Crippen molar-refractivity contribution in [2.45, 2.75) is 31.2 Å². The summed E-state index contributed by atoms with van der Waals surface area (Å²) in [5.74, 6) is -0.954. The van der Waals surface area contributed by atoms with Crippen LogP contribution in [-0.2, 0) is 0 Å². The van der Waals surface area contributed by atoms with Gasteiger partial charge >= 0.3 is 0 Å². The molecule has 0 saturated heterocycles. The van der Waals surface area contributed by atoms with Gasteiger partial charge in [-0.15, -0.1) is 0 Å². The van der Waals surface area contributed by atoms with Gasteiger partial charge in [-0.05, 0) is 43.9 Å². The summed E-state index contributed by atoms with van der Waals surface area (Å²) >= 11 is 5.62. The third-order valence-corrected chi connectivity index (χ3v) is 3.50. The van der Waals surface area contributed by atoms with Crippen LogP contribution in [-0.4, -0.2) is 11.4 Å². The van der Waals surface area contributed by atoms with Gasteiger partial charge in [-0.2, -0.15) is 5.26 Å². The molecule has 2 rings (SSSR count). The Morgan fingerprint density at radius 2 is 2.11 bits per heavy atom. The summed E-state index contributed by atoms with van der Waals surface area (Å²) in [6, 6.07) is 5.94. The molecule has 0 aromatic heterocycles. The van der Waals surface area contributed by atoms with E-state index < -0.39 is 11.4 Å². The average Bonchev–Trinajstić information content (AvgIpc) is 2.82. The molecule has 0 heterocycles. The van der Waals surface area contributed by atoms with E-state index in [1.165, 1.54) is 12.1 Å². The molecule has 3 nitrogen and oxygen atoms in total. The first-order valence-corrected chi connectivity index (χ1v) is 6.13. The third kappa shape index (κ3) is 2.46. The van der Waals surface area contributed by atoms with E-state index >= 15 is 0 Å². The molecule has 1 amide bonds. The number of hydrogen-bond acceptors (Lipinski definition) is 2. The van der Waals surface area contributed by atoms with Crippen LogP contribution in [0.1, 0.15) is 36.0 Å². The topological polar surface area (TPSA) is 52.9 Å². The van der Waals surface area contributed by atoms with Gasteiger partial charge in [0.25, 0.3) is 5.91 Å². The van der Waals surface area contributed by atoms with Crippen LogP contribution in [0.25, 0.3) is 0 Å². The lowest BCUT2D eigenvalue weighted by atomic mass is 9.99. The van der Waals surface area contributed by atoms with Crippen LogP contribution in [0.2, 0.25) is 5.02 Å². The molecule has 1 aromatic rings. The first-order valence-electron chi connectivity index (χ1n) is 5.75. The van der Waals surface area contributed by atoms with Crippen LogP contribution < -0.4 is 5.32 Å². The second-order valence-corrected chi connectivity index (χ2v) is 4.89. The standard InChI is InChI=1S/C13H12ClFN2O/c14-10-7-9(3-4-11(10)15)12(18)17-13(8-16)5-1-2-6-13/h3-4,7H,1-2,5-6H2,(H,17,18). The minimum atomic E-state index is -0.780. The molecule has 0 radical (unpaired) electrons. The van der Waals surface area contributed by atoms with E-state index in [2.05, 4.69) is 11.4 Å². The average molecular weight is 267 g/mol. The van der Waals surface area contributed by atoms with Gasteiger partial charge in [0.2, 0.25) is 0 Å². The van der Waals surface area contributed by atoms with Gasteiger partial charge in [0.05, 0.1) is 11.1 Å². The van der Waals surface area contributed by atoms with Crippen molar-refractivity contribution in [1.82, 2.24) is 5.32 Å². The van der Waals surface area contributed by atoms with Crippen molar-refractivity contribution in [2.75, 3.05) is 0 Å². The predicted octanol–water partition coefficient (Wildman–Crippen LogP) is 3.05. The second-order valence-electron chi connectivity index (χ2n) is 4.48. The predicted molar refractivity (Wildman–Crippen MR) is 65.7 cm³/mol. The van der Waals surface area contributed by atoms with Crippen molar-refractivity contribution in [3.05, 3.63) is 34.6 Å². The van der Waals surface area contributed by atoms with Crippen molar-refractivity contribution in [1.29, 1.82) is 5.26 Å². The first kappa shape index (κ1) is 12.8. The van der Waals surface area contributed by atoms with Gasteiger partial charge in [0.1, 0.15) is 11.4 Å². The van der Waals surface area contributed by atoms with Crippen LogP contribution >= 0.6 is 11.6 Å². The number of halogens is 2. The van der Waals surface area contributed by atoms with Crippen LogP contribution in [0.15, 0.2) is 18.2 Å². The van der Waals surface area contributed by atoms with Gasteiger partial charge in [0.15, 0.2) is 0 Å². The maximum atomic E-state index is 13.0. The quantitative estimate of drug-likeness (QED) is 0.894. The Labute approximate surface area is 110 Å². The van der Waals surface area contributed by atoms with E-state index in [9.17, 15) is 9.18 Å². The van der Waals surface area contributed by atoms with Gasteiger partial charge < -0.3 is 5.32 Å². The van der Waals surface area contributed by atoms with Crippen LogP contribution in [0.5, 0.6) is 0 Å². The fourth-order valence-electron chi connectivity index (χ4n) is 2.17.